The first-order valence-corrected chi connectivity index (χ1v) is 10.5. The highest BCUT2D eigenvalue weighted by molar-refractivity contribution is 7.99. The van der Waals surface area contributed by atoms with Crippen molar-refractivity contribution in [2.45, 2.75) is 18.1 Å². The van der Waals surface area contributed by atoms with Gasteiger partial charge in [0.2, 0.25) is 5.91 Å². The molecule has 1 N–H and O–H groups in total. The van der Waals surface area contributed by atoms with Gasteiger partial charge >= 0.3 is 0 Å². The highest BCUT2D eigenvalue weighted by atomic mass is 35.5. The number of carbonyl (C=O) groups is 1. The Labute approximate surface area is 182 Å². The molecule has 7 nitrogen and oxygen atoms in total. The predicted octanol–water partition coefficient (Wildman–Crippen LogP) is 4.41. The van der Waals surface area contributed by atoms with Crippen molar-refractivity contribution in [1.82, 2.24) is 19.7 Å². The summed E-state index contributed by atoms with van der Waals surface area (Å²) in [6.45, 7) is 1.24. The molecule has 1 aromatic carbocycles. The van der Waals surface area contributed by atoms with Crippen molar-refractivity contribution in [2.24, 2.45) is 0 Å². The number of hydrogen-bond donors (Lipinski definition) is 1. The largest absolute Gasteiger partial charge is 0.385 e. The van der Waals surface area contributed by atoms with Gasteiger partial charge in [0.15, 0.2) is 16.1 Å². The summed E-state index contributed by atoms with van der Waals surface area (Å²) in [4.78, 5) is 16.3. The number of benzene rings is 1. The second-order valence-electron chi connectivity index (χ2n) is 5.96. The Balaban J connectivity index is 1.75. The number of pyridine rings is 1. The van der Waals surface area contributed by atoms with Crippen molar-refractivity contribution >= 4 is 46.6 Å². The van der Waals surface area contributed by atoms with Crippen LogP contribution in [-0.2, 0) is 16.1 Å². The molecule has 1 amide bonds. The van der Waals surface area contributed by atoms with Crippen LogP contribution < -0.4 is 5.32 Å². The van der Waals surface area contributed by atoms with Crippen LogP contribution in [0.4, 0.5) is 5.69 Å². The van der Waals surface area contributed by atoms with Gasteiger partial charge in [-0.25, -0.2) is 4.98 Å². The quantitative estimate of drug-likeness (QED) is 0.294. The topological polar surface area (TPSA) is 81.9 Å². The maximum Gasteiger partial charge on any atom is 0.234 e. The number of carbonyl (C=O) groups excluding carboxylic acids is 1. The first-order chi connectivity index (χ1) is 14.1. The van der Waals surface area contributed by atoms with Crippen LogP contribution in [0.15, 0.2) is 47.8 Å². The molecule has 0 saturated heterocycles. The van der Waals surface area contributed by atoms with Gasteiger partial charge in [0, 0.05) is 32.0 Å². The average molecular weight is 452 g/mol. The SMILES string of the molecule is COCCCn1c(SCC(=O)Nc2cccnc2Cl)nnc1-c1ccccc1Cl. The molecule has 0 aliphatic carbocycles. The Bertz CT molecular complexity index is 983. The Morgan fingerprint density at radius 3 is 2.79 bits per heavy atom. The van der Waals surface area contributed by atoms with Crippen molar-refractivity contribution in [2.75, 3.05) is 24.8 Å². The number of amides is 1. The molecule has 2 heterocycles. The minimum Gasteiger partial charge on any atom is -0.385 e. The lowest BCUT2D eigenvalue weighted by molar-refractivity contribution is -0.113. The highest BCUT2D eigenvalue weighted by Crippen LogP contribution is 2.29. The van der Waals surface area contributed by atoms with Gasteiger partial charge < -0.3 is 14.6 Å². The normalized spacial score (nSPS) is 10.9. The molecule has 0 aliphatic rings. The molecule has 0 radical (unpaired) electrons. The number of rotatable bonds is 9. The molecular formula is C19H19Cl2N5O2S. The second kappa shape index (κ2) is 10.6. The van der Waals surface area contributed by atoms with Crippen molar-refractivity contribution in [1.29, 1.82) is 0 Å². The highest BCUT2D eigenvalue weighted by Gasteiger charge is 2.17. The fourth-order valence-electron chi connectivity index (χ4n) is 2.60. The lowest BCUT2D eigenvalue weighted by atomic mass is 10.2. The standard InChI is InChI=1S/C19H19Cl2N5O2S/c1-28-11-5-10-26-18(13-6-2-3-7-14(13)20)24-25-19(26)29-12-16(27)23-15-8-4-9-22-17(15)21/h2-4,6-9H,5,10-12H2,1H3,(H,23,27). The lowest BCUT2D eigenvalue weighted by Gasteiger charge is -2.11. The number of anilines is 1. The Morgan fingerprint density at radius 1 is 1.21 bits per heavy atom. The molecule has 0 atom stereocenters. The zero-order chi connectivity index (χ0) is 20.6. The number of hydrogen-bond acceptors (Lipinski definition) is 6. The van der Waals surface area contributed by atoms with Gasteiger partial charge in [0.25, 0.3) is 0 Å². The minimum atomic E-state index is -0.212. The summed E-state index contributed by atoms with van der Waals surface area (Å²) in [6.07, 6.45) is 2.34. The Morgan fingerprint density at radius 2 is 2.03 bits per heavy atom. The van der Waals surface area contributed by atoms with E-state index in [4.69, 9.17) is 27.9 Å². The summed E-state index contributed by atoms with van der Waals surface area (Å²) < 4.78 is 7.11. The summed E-state index contributed by atoms with van der Waals surface area (Å²) in [5, 5.41) is 12.8. The van der Waals surface area contributed by atoms with Crippen LogP contribution >= 0.6 is 35.0 Å². The van der Waals surface area contributed by atoms with Crippen LogP contribution in [0.1, 0.15) is 6.42 Å². The molecule has 3 rings (SSSR count). The molecule has 152 valence electrons. The molecule has 0 saturated carbocycles. The van der Waals surface area contributed by atoms with Crippen LogP contribution in [0, 0.1) is 0 Å². The van der Waals surface area contributed by atoms with Crippen LogP contribution in [-0.4, -0.2) is 45.1 Å². The van der Waals surface area contributed by atoms with Gasteiger partial charge in [-0.3, -0.25) is 4.79 Å². The third-order valence-corrected chi connectivity index (χ3v) is 5.52. The van der Waals surface area contributed by atoms with Gasteiger partial charge in [-0.2, -0.15) is 0 Å². The Hall–Kier alpha value is -2.13. The average Bonchev–Trinajstić information content (AvgIpc) is 3.11. The van der Waals surface area contributed by atoms with E-state index in [2.05, 4.69) is 20.5 Å². The van der Waals surface area contributed by atoms with E-state index in [1.807, 2.05) is 28.8 Å². The van der Waals surface area contributed by atoms with E-state index in [-0.39, 0.29) is 16.8 Å². The second-order valence-corrected chi connectivity index (χ2v) is 7.67. The van der Waals surface area contributed by atoms with E-state index < -0.39 is 0 Å². The number of nitrogens with zero attached hydrogens (tertiary/aromatic N) is 4. The molecule has 0 spiro atoms. The third-order valence-electron chi connectivity index (χ3n) is 3.93. The van der Waals surface area contributed by atoms with Gasteiger partial charge in [-0.1, -0.05) is 47.1 Å². The van der Waals surface area contributed by atoms with E-state index in [1.54, 1.807) is 25.4 Å². The zero-order valence-electron chi connectivity index (χ0n) is 15.6. The van der Waals surface area contributed by atoms with E-state index in [9.17, 15) is 4.79 Å². The van der Waals surface area contributed by atoms with Crippen molar-refractivity contribution in [3.8, 4) is 11.4 Å². The molecule has 0 aliphatic heterocycles. The number of halogens is 2. The van der Waals surface area contributed by atoms with Crippen molar-refractivity contribution in [3.63, 3.8) is 0 Å². The molecule has 3 aromatic rings. The van der Waals surface area contributed by atoms with E-state index in [0.29, 0.717) is 34.8 Å². The number of thioether (sulfide) groups is 1. The predicted molar refractivity (Wildman–Crippen MR) is 116 cm³/mol. The smallest absolute Gasteiger partial charge is 0.234 e. The monoisotopic (exact) mass is 451 g/mol. The van der Waals surface area contributed by atoms with E-state index in [1.165, 1.54) is 11.8 Å². The summed E-state index contributed by atoms with van der Waals surface area (Å²) in [5.41, 5.74) is 1.26. The maximum absolute atomic E-state index is 12.3. The zero-order valence-corrected chi connectivity index (χ0v) is 18.0. The maximum atomic E-state index is 12.3. The number of methoxy groups -OCH3 is 1. The van der Waals surface area contributed by atoms with Crippen LogP contribution in [0.2, 0.25) is 10.2 Å². The molecule has 0 bridgehead atoms. The first-order valence-electron chi connectivity index (χ1n) is 8.80. The van der Waals surface area contributed by atoms with Gasteiger partial charge in [0.1, 0.15) is 0 Å². The molecule has 2 aromatic heterocycles. The summed E-state index contributed by atoms with van der Waals surface area (Å²) in [7, 11) is 1.66. The van der Waals surface area contributed by atoms with Crippen LogP contribution in [0.5, 0.6) is 0 Å². The molecule has 0 fully saturated rings. The van der Waals surface area contributed by atoms with E-state index in [0.717, 1.165) is 12.0 Å². The minimum absolute atomic E-state index is 0.149. The number of ether oxygens (including phenoxy) is 1. The summed E-state index contributed by atoms with van der Waals surface area (Å²) in [5.74, 6) is 0.594. The van der Waals surface area contributed by atoms with Gasteiger partial charge in [-0.05, 0) is 30.7 Å². The van der Waals surface area contributed by atoms with Crippen molar-refractivity contribution < 1.29 is 9.53 Å². The lowest BCUT2D eigenvalue weighted by Crippen LogP contribution is -2.15. The fraction of sp³-hybridized carbons (Fsp3) is 0.263. The summed E-state index contributed by atoms with van der Waals surface area (Å²) in [6, 6.07) is 10.9. The summed E-state index contributed by atoms with van der Waals surface area (Å²) >= 11 is 13.6. The number of nitrogens with one attached hydrogen (secondary N) is 1. The molecular weight excluding hydrogens is 433 g/mol. The molecule has 29 heavy (non-hydrogen) atoms. The van der Waals surface area contributed by atoms with Crippen LogP contribution in [0.25, 0.3) is 11.4 Å². The Kier molecular flexibility index (Phi) is 7.88. The van der Waals surface area contributed by atoms with Crippen molar-refractivity contribution in [3.05, 3.63) is 52.8 Å². The van der Waals surface area contributed by atoms with Crippen LogP contribution in [0.3, 0.4) is 0 Å². The fourth-order valence-corrected chi connectivity index (χ4v) is 3.75. The number of aromatic nitrogens is 4. The molecule has 0 unspecified atom stereocenters. The molecule has 10 heteroatoms. The van der Waals surface area contributed by atoms with Gasteiger partial charge in [-0.15, -0.1) is 10.2 Å². The van der Waals surface area contributed by atoms with E-state index >= 15 is 0 Å². The first kappa shape index (κ1) is 21.6. The third kappa shape index (κ3) is 5.70. The van der Waals surface area contributed by atoms with Gasteiger partial charge in [0.05, 0.1) is 16.5 Å².